The molecule has 2 heterocycles. The highest BCUT2D eigenvalue weighted by molar-refractivity contribution is 7.17. The first-order valence-corrected chi connectivity index (χ1v) is 11.7. The largest absolute Gasteiger partial charge is 0.503 e. The molecule has 1 amide bonds. The van der Waals surface area contributed by atoms with Crippen LogP contribution in [0.25, 0.3) is 10.6 Å². The molecular weight excluding hydrogens is 483 g/mol. The van der Waals surface area contributed by atoms with Gasteiger partial charge in [0, 0.05) is 19.2 Å². The van der Waals surface area contributed by atoms with Gasteiger partial charge in [0.25, 0.3) is 5.91 Å². The molecule has 0 saturated carbocycles. The topological polar surface area (TPSA) is 79.7 Å². The van der Waals surface area contributed by atoms with E-state index < -0.39 is 23.5 Å². The highest BCUT2D eigenvalue weighted by Gasteiger charge is 2.44. The third kappa shape index (κ3) is 4.42. The van der Waals surface area contributed by atoms with Gasteiger partial charge in [0.1, 0.15) is 5.01 Å². The minimum absolute atomic E-state index is 0.0131. The second-order valence-corrected chi connectivity index (χ2v) is 9.27. The fourth-order valence-electron chi connectivity index (χ4n) is 3.77. The quantitative estimate of drug-likeness (QED) is 0.422. The Balaban J connectivity index is 1.79. The first-order chi connectivity index (χ1) is 15.8. The molecule has 0 fully saturated rings. The number of ketones is 1. The van der Waals surface area contributed by atoms with E-state index in [1.54, 1.807) is 25.1 Å². The number of aliphatic hydroxyl groups is 1. The number of aliphatic hydroxyl groups excluding tert-OH is 1. The van der Waals surface area contributed by atoms with E-state index in [-0.39, 0.29) is 23.7 Å². The van der Waals surface area contributed by atoms with Gasteiger partial charge in [-0.05, 0) is 24.6 Å². The van der Waals surface area contributed by atoms with E-state index in [1.165, 1.54) is 23.3 Å². The molecule has 1 aromatic heterocycles. The Bertz CT molecular complexity index is 1260. The Morgan fingerprint density at radius 1 is 1.18 bits per heavy atom. The van der Waals surface area contributed by atoms with Gasteiger partial charge < -0.3 is 14.7 Å². The predicted octanol–water partition coefficient (Wildman–Crippen LogP) is 5.65. The molecule has 1 N–H and O–H groups in total. The third-order valence-electron chi connectivity index (χ3n) is 5.37. The Morgan fingerprint density at radius 2 is 1.91 bits per heavy atom. The Kier molecular flexibility index (Phi) is 6.86. The van der Waals surface area contributed by atoms with Gasteiger partial charge in [-0.1, -0.05) is 59.6 Å². The summed E-state index contributed by atoms with van der Waals surface area (Å²) in [6.45, 7) is 2.15. The maximum atomic E-state index is 13.7. The van der Waals surface area contributed by atoms with Gasteiger partial charge in [0.2, 0.25) is 5.78 Å². The molecule has 170 valence electrons. The van der Waals surface area contributed by atoms with Gasteiger partial charge >= 0.3 is 0 Å². The summed E-state index contributed by atoms with van der Waals surface area (Å²) < 4.78 is 5.13. The first-order valence-electron chi connectivity index (χ1n) is 10.1. The van der Waals surface area contributed by atoms with Crippen LogP contribution in [0.2, 0.25) is 10.0 Å². The smallest absolute Gasteiger partial charge is 0.290 e. The lowest BCUT2D eigenvalue weighted by Gasteiger charge is -2.26. The van der Waals surface area contributed by atoms with E-state index in [0.717, 1.165) is 5.56 Å². The third-order valence-corrected chi connectivity index (χ3v) is 7.31. The zero-order valence-corrected chi connectivity index (χ0v) is 20.2. The molecule has 2 aromatic carbocycles. The second kappa shape index (κ2) is 9.65. The molecule has 0 spiro atoms. The molecule has 1 aliphatic heterocycles. The number of hydrogen-bond donors (Lipinski definition) is 1. The predicted molar refractivity (Wildman–Crippen MR) is 129 cm³/mol. The Hall–Kier alpha value is -2.71. The minimum Gasteiger partial charge on any atom is -0.503 e. The van der Waals surface area contributed by atoms with Crippen molar-refractivity contribution < 1.29 is 19.4 Å². The molecule has 3 aromatic rings. The second-order valence-electron chi connectivity index (χ2n) is 7.46. The number of nitrogens with zero attached hydrogens (tertiary/aromatic N) is 2. The molecule has 1 aliphatic rings. The zero-order valence-electron chi connectivity index (χ0n) is 17.8. The molecular formula is C24H20Cl2N2O4S. The van der Waals surface area contributed by atoms with Crippen LogP contribution in [0.1, 0.15) is 27.0 Å². The number of ether oxygens (including phenoxy) is 1. The average Bonchev–Trinajstić information content (AvgIpc) is 3.32. The zero-order chi connectivity index (χ0) is 23.7. The van der Waals surface area contributed by atoms with Gasteiger partial charge in [0.15, 0.2) is 5.76 Å². The SMILES string of the molecule is COCCN1C(=O)C(O)=C(C(=O)c2sc(-c3ccccc3)nc2C)C1c1ccc(Cl)c(Cl)c1. The maximum Gasteiger partial charge on any atom is 0.290 e. The maximum absolute atomic E-state index is 13.7. The van der Waals surface area contributed by atoms with Crippen LogP contribution in [0.3, 0.4) is 0 Å². The molecule has 9 heteroatoms. The number of benzene rings is 2. The Morgan fingerprint density at radius 3 is 2.58 bits per heavy atom. The van der Waals surface area contributed by atoms with Gasteiger partial charge in [-0.3, -0.25) is 9.59 Å². The van der Waals surface area contributed by atoms with Gasteiger partial charge in [-0.25, -0.2) is 4.98 Å². The monoisotopic (exact) mass is 502 g/mol. The van der Waals surface area contributed by atoms with Crippen LogP contribution < -0.4 is 0 Å². The highest BCUT2D eigenvalue weighted by atomic mass is 35.5. The summed E-state index contributed by atoms with van der Waals surface area (Å²) in [5.41, 5.74) is 1.96. The number of aryl methyl sites for hydroxylation is 1. The van der Waals surface area contributed by atoms with Crippen LogP contribution >= 0.6 is 34.5 Å². The van der Waals surface area contributed by atoms with Crippen molar-refractivity contribution in [3.05, 3.63) is 86.0 Å². The summed E-state index contributed by atoms with van der Waals surface area (Å²) in [5.74, 6) is -1.67. The van der Waals surface area contributed by atoms with Crippen LogP contribution in [0, 0.1) is 6.92 Å². The van der Waals surface area contributed by atoms with Crippen molar-refractivity contribution in [2.45, 2.75) is 13.0 Å². The van der Waals surface area contributed by atoms with Crippen LogP contribution in [0.5, 0.6) is 0 Å². The summed E-state index contributed by atoms with van der Waals surface area (Å²) in [6.07, 6.45) is 0. The number of halogens is 2. The van der Waals surface area contributed by atoms with Crippen molar-refractivity contribution in [2.24, 2.45) is 0 Å². The molecule has 0 saturated heterocycles. The number of hydrogen-bond acceptors (Lipinski definition) is 6. The normalized spacial score (nSPS) is 16.1. The van der Waals surface area contributed by atoms with Gasteiger partial charge in [-0.15, -0.1) is 11.3 Å². The van der Waals surface area contributed by atoms with E-state index in [9.17, 15) is 14.7 Å². The van der Waals surface area contributed by atoms with Crippen molar-refractivity contribution in [3.8, 4) is 10.6 Å². The number of rotatable bonds is 7. The lowest BCUT2D eigenvalue weighted by Crippen LogP contribution is -2.34. The molecule has 6 nitrogen and oxygen atoms in total. The Labute approximate surface area is 205 Å². The van der Waals surface area contributed by atoms with Crippen molar-refractivity contribution in [2.75, 3.05) is 20.3 Å². The fraction of sp³-hybridized carbons (Fsp3) is 0.208. The average molecular weight is 503 g/mol. The van der Waals surface area contributed by atoms with Crippen LogP contribution in [-0.2, 0) is 9.53 Å². The summed E-state index contributed by atoms with van der Waals surface area (Å²) in [4.78, 5) is 33.0. The van der Waals surface area contributed by atoms with E-state index in [0.29, 0.717) is 26.2 Å². The number of carbonyl (C=O) groups is 2. The lowest BCUT2D eigenvalue weighted by atomic mass is 9.95. The van der Waals surface area contributed by atoms with Crippen molar-refractivity contribution >= 4 is 46.2 Å². The summed E-state index contributed by atoms with van der Waals surface area (Å²) >= 11 is 13.5. The molecule has 33 heavy (non-hydrogen) atoms. The summed E-state index contributed by atoms with van der Waals surface area (Å²) in [5, 5.41) is 12.1. The van der Waals surface area contributed by atoms with E-state index >= 15 is 0 Å². The van der Waals surface area contributed by atoms with Gasteiger partial charge in [0.05, 0.1) is 38.8 Å². The van der Waals surface area contributed by atoms with Gasteiger partial charge in [-0.2, -0.15) is 0 Å². The summed E-state index contributed by atoms with van der Waals surface area (Å²) in [7, 11) is 1.51. The number of aromatic nitrogens is 1. The van der Waals surface area contributed by atoms with Crippen LogP contribution in [0.15, 0.2) is 59.9 Å². The number of Topliss-reactive ketones (excluding diaryl/α,β-unsaturated/α-hetero) is 1. The molecule has 4 rings (SSSR count). The lowest BCUT2D eigenvalue weighted by molar-refractivity contribution is -0.130. The minimum atomic E-state index is -0.836. The summed E-state index contributed by atoms with van der Waals surface area (Å²) in [6, 6.07) is 13.6. The number of methoxy groups -OCH3 is 1. The first kappa shape index (κ1) is 23.4. The van der Waals surface area contributed by atoms with E-state index in [4.69, 9.17) is 27.9 Å². The highest BCUT2D eigenvalue weighted by Crippen LogP contribution is 2.42. The van der Waals surface area contributed by atoms with Crippen molar-refractivity contribution in [1.82, 2.24) is 9.88 Å². The number of thiazole rings is 1. The molecule has 1 atom stereocenters. The number of carbonyl (C=O) groups excluding carboxylic acids is 2. The van der Waals surface area contributed by atoms with Crippen molar-refractivity contribution in [1.29, 1.82) is 0 Å². The number of amides is 1. The van der Waals surface area contributed by atoms with E-state index in [1.807, 2.05) is 30.3 Å². The molecule has 0 radical (unpaired) electrons. The van der Waals surface area contributed by atoms with E-state index in [2.05, 4.69) is 4.98 Å². The fourth-order valence-corrected chi connectivity index (χ4v) is 5.10. The molecule has 0 aliphatic carbocycles. The van der Waals surface area contributed by atoms with Crippen LogP contribution in [-0.4, -0.2) is 46.9 Å². The molecule has 0 bridgehead atoms. The molecule has 1 unspecified atom stereocenters. The van der Waals surface area contributed by atoms with Crippen LogP contribution in [0.4, 0.5) is 0 Å². The standard InChI is InChI=1S/C24H20Cl2N2O4S/c1-13-22(33-23(27-13)14-6-4-3-5-7-14)20(29)18-19(15-8-9-16(25)17(26)12-15)28(10-11-32-2)24(31)21(18)30/h3-9,12,19,30H,10-11H2,1-2H3. The van der Waals surface area contributed by atoms with Crippen molar-refractivity contribution in [3.63, 3.8) is 0 Å².